The summed E-state index contributed by atoms with van der Waals surface area (Å²) in [5.41, 5.74) is 6.44. The molecule has 4 nitrogen and oxygen atoms in total. The van der Waals surface area contributed by atoms with E-state index >= 15 is 0 Å². The van der Waals surface area contributed by atoms with Gasteiger partial charge in [0.25, 0.3) is 5.91 Å². The molecule has 0 saturated heterocycles. The Kier molecular flexibility index (Phi) is 6.45. The third-order valence-electron chi connectivity index (χ3n) is 4.45. The maximum absolute atomic E-state index is 12.7. The number of carbonyl (C=O) groups excluding carboxylic acids is 1. The Balaban J connectivity index is 0.00000264. The molecule has 2 aromatic rings. The number of thiophene rings is 1. The van der Waals surface area contributed by atoms with Gasteiger partial charge in [0.15, 0.2) is 0 Å². The van der Waals surface area contributed by atoms with E-state index in [1.165, 1.54) is 11.3 Å². The van der Waals surface area contributed by atoms with Crippen molar-refractivity contribution in [2.24, 2.45) is 11.7 Å². The lowest BCUT2D eigenvalue weighted by Crippen LogP contribution is -2.54. The molecular weight excluding hydrogens is 332 g/mol. The first-order valence-electron chi connectivity index (χ1n) is 7.42. The van der Waals surface area contributed by atoms with Crippen LogP contribution in [0.25, 0.3) is 10.1 Å². The lowest BCUT2D eigenvalue weighted by molar-refractivity contribution is 0.0887. The molecule has 0 aliphatic rings. The fourth-order valence-electron chi connectivity index (χ4n) is 2.29. The van der Waals surface area contributed by atoms with Crippen LogP contribution in [0.1, 0.15) is 36.0 Å². The Morgan fingerprint density at radius 3 is 2.61 bits per heavy atom. The van der Waals surface area contributed by atoms with Crippen molar-refractivity contribution in [3.8, 4) is 5.75 Å². The minimum atomic E-state index is -0.405. The van der Waals surface area contributed by atoms with Crippen LogP contribution in [0, 0.1) is 12.8 Å². The summed E-state index contributed by atoms with van der Waals surface area (Å²) in [4.78, 5) is 13.4. The molecule has 128 valence electrons. The second-order valence-electron chi connectivity index (χ2n) is 6.15. The molecule has 0 radical (unpaired) electrons. The number of methoxy groups -OCH3 is 1. The van der Waals surface area contributed by atoms with Crippen molar-refractivity contribution in [3.63, 3.8) is 0 Å². The molecule has 1 aromatic heterocycles. The summed E-state index contributed by atoms with van der Waals surface area (Å²) < 4.78 is 6.35. The fraction of sp³-hybridized carbons (Fsp3) is 0.471. The van der Waals surface area contributed by atoms with E-state index in [4.69, 9.17) is 10.5 Å². The predicted molar refractivity (Wildman–Crippen MR) is 100 cm³/mol. The molecule has 0 aliphatic heterocycles. The summed E-state index contributed by atoms with van der Waals surface area (Å²) in [7, 11) is 1.64. The van der Waals surface area contributed by atoms with E-state index in [0.29, 0.717) is 6.54 Å². The minimum Gasteiger partial charge on any atom is -0.497 e. The Hall–Kier alpha value is -1.30. The Bertz CT molecular complexity index is 699. The van der Waals surface area contributed by atoms with Gasteiger partial charge in [-0.05, 0) is 48.9 Å². The number of amides is 1. The van der Waals surface area contributed by atoms with Crippen LogP contribution < -0.4 is 15.8 Å². The molecule has 1 amide bonds. The largest absolute Gasteiger partial charge is 0.497 e. The first-order valence-corrected chi connectivity index (χ1v) is 8.23. The summed E-state index contributed by atoms with van der Waals surface area (Å²) in [6, 6.07) is 5.88. The molecule has 3 N–H and O–H groups in total. The van der Waals surface area contributed by atoms with Crippen molar-refractivity contribution in [3.05, 3.63) is 28.6 Å². The average Bonchev–Trinajstić information content (AvgIpc) is 2.83. The van der Waals surface area contributed by atoms with Crippen LogP contribution in [0.4, 0.5) is 0 Å². The maximum atomic E-state index is 12.7. The Labute approximate surface area is 147 Å². The number of hydrogen-bond acceptors (Lipinski definition) is 4. The highest BCUT2D eigenvalue weighted by molar-refractivity contribution is 7.21. The summed E-state index contributed by atoms with van der Waals surface area (Å²) >= 11 is 1.51. The van der Waals surface area contributed by atoms with Crippen LogP contribution in [-0.2, 0) is 0 Å². The standard InChI is InChI=1S/C17H24N2O2S.ClH/c1-10(2)17(4,9-18)19-16(20)15-11(3)13-8-12(21-5)6-7-14(13)22-15;/h6-8,10H,9,18H2,1-5H3,(H,19,20);1H. The highest BCUT2D eigenvalue weighted by Gasteiger charge is 2.30. The number of nitrogens with two attached hydrogens (primary N) is 1. The van der Waals surface area contributed by atoms with E-state index in [-0.39, 0.29) is 24.2 Å². The van der Waals surface area contributed by atoms with E-state index in [1.807, 2.05) is 32.0 Å². The highest BCUT2D eigenvalue weighted by Crippen LogP contribution is 2.33. The number of carbonyl (C=O) groups is 1. The first-order chi connectivity index (χ1) is 10.3. The van der Waals surface area contributed by atoms with Crippen molar-refractivity contribution < 1.29 is 9.53 Å². The van der Waals surface area contributed by atoms with E-state index < -0.39 is 5.54 Å². The summed E-state index contributed by atoms with van der Waals surface area (Å²) in [6.07, 6.45) is 0. The van der Waals surface area contributed by atoms with Crippen molar-refractivity contribution >= 4 is 39.7 Å². The molecule has 23 heavy (non-hydrogen) atoms. The third-order valence-corrected chi connectivity index (χ3v) is 5.72. The number of rotatable bonds is 5. The van der Waals surface area contributed by atoms with Gasteiger partial charge in [-0.3, -0.25) is 4.79 Å². The van der Waals surface area contributed by atoms with Crippen LogP contribution in [-0.4, -0.2) is 25.1 Å². The van der Waals surface area contributed by atoms with Gasteiger partial charge in [-0.15, -0.1) is 23.7 Å². The molecule has 1 unspecified atom stereocenters. The lowest BCUT2D eigenvalue weighted by atomic mass is 9.88. The predicted octanol–water partition coefficient (Wildman–Crippen LogP) is 3.74. The average molecular weight is 357 g/mol. The number of nitrogens with one attached hydrogen (secondary N) is 1. The number of benzene rings is 1. The normalized spacial score (nSPS) is 13.5. The van der Waals surface area contributed by atoms with Gasteiger partial charge < -0.3 is 15.8 Å². The van der Waals surface area contributed by atoms with Gasteiger partial charge in [0.1, 0.15) is 5.75 Å². The van der Waals surface area contributed by atoms with E-state index in [0.717, 1.165) is 26.3 Å². The molecule has 1 heterocycles. The van der Waals surface area contributed by atoms with Crippen molar-refractivity contribution in [1.29, 1.82) is 0 Å². The Morgan fingerprint density at radius 1 is 1.43 bits per heavy atom. The molecule has 1 atom stereocenters. The molecule has 0 saturated carbocycles. The SMILES string of the molecule is COc1ccc2sc(C(=O)NC(C)(CN)C(C)C)c(C)c2c1.Cl. The molecular formula is C17H25ClN2O2S. The molecule has 0 aliphatic carbocycles. The summed E-state index contributed by atoms with van der Waals surface area (Å²) in [5.74, 6) is 1.00. The number of aryl methyl sites for hydroxylation is 1. The number of ether oxygens (including phenoxy) is 1. The van der Waals surface area contributed by atoms with Crippen molar-refractivity contribution in [1.82, 2.24) is 5.32 Å². The van der Waals surface area contributed by atoms with Crippen LogP contribution in [0.2, 0.25) is 0 Å². The topological polar surface area (TPSA) is 64.3 Å². The molecule has 0 spiro atoms. The van der Waals surface area contributed by atoms with Gasteiger partial charge >= 0.3 is 0 Å². The third kappa shape index (κ3) is 3.79. The number of halogens is 1. The smallest absolute Gasteiger partial charge is 0.262 e. The van der Waals surface area contributed by atoms with E-state index in [2.05, 4.69) is 19.2 Å². The molecule has 6 heteroatoms. The zero-order chi connectivity index (χ0) is 16.5. The molecule has 1 aromatic carbocycles. The maximum Gasteiger partial charge on any atom is 0.262 e. The van der Waals surface area contributed by atoms with Gasteiger partial charge in [-0.25, -0.2) is 0 Å². The molecule has 0 bridgehead atoms. The zero-order valence-electron chi connectivity index (χ0n) is 14.2. The van der Waals surface area contributed by atoms with E-state index in [1.54, 1.807) is 7.11 Å². The van der Waals surface area contributed by atoms with E-state index in [9.17, 15) is 4.79 Å². The monoisotopic (exact) mass is 356 g/mol. The van der Waals surface area contributed by atoms with Gasteiger partial charge in [0, 0.05) is 11.2 Å². The van der Waals surface area contributed by atoms with Crippen molar-refractivity contribution in [2.45, 2.75) is 33.2 Å². The van der Waals surface area contributed by atoms with Crippen molar-refractivity contribution in [2.75, 3.05) is 13.7 Å². The van der Waals surface area contributed by atoms with Crippen LogP contribution in [0.3, 0.4) is 0 Å². The van der Waals surface area contributed by atoms with Gasteiger partial charge in [-0.1, -0.05) is 13.8 Å². The Morgan fingerprint density at radius 2 is 2.09 bits per heavy atom. The minimum absolute atomic E-state index is 0. The summed E-state index contributed by atoms with van der Waals surface area (Å²) in [5, 5.41) is 4.17. The van der Waals surface area contributed by atoms with Crippen LogP contribution >= 0.6 is 23.7 Å². The highest BCUT2D eigenvalue weighted by atomic mass is 35.5. The second-order valence-corrected chi connectivity index (χ2v) is 7.20. The number of fused-ring (bicyclic) bond motifs is 1. The van der Waals surface area contributed by atoms with Gasteiger partial charge in [-0.2, -0.15) is 0 Å². The number of hydrogen-bond donors (Lipinski definition) is 2. The zero-order valence-corrected chi connectivity index (χ0v) is 15.9. The second kappa shape index (κ2) is 7.51. The molecule has 0 fully saturated rings. The van der Waals surface area contributed by atoms with Gasteiger partial charge in [0.2, 0.25) is 0 Å². The quantitative estimate of drug-likeness (QED) is 0.857. The fourth-order valence-corrected chi connectivity index (χ4v) is 3.38. The van der Waals surface area contributed by atoms with Crippen LogP contribution in [0.15, 0.2) is 18.2 Å². The lowest BCUT2D eigenvalue weighted by Gasteiger charge is -2.33. The first kappa shape index (κ1) is 19.7. The van der Waals surface area contributed by atoms with Crippen LogP contribution in [0.5, 0.6) is 5.75 Å². The summed E-state index contributed by atoms with van der Waals surface area (Å²) in [6.45, 7) is 8.50. The van der Waals surface area contributed by atoms with Gasteiger partial charge in [0.05, 0.1) is 17.5 Å². The molecule has 2 rings (SSSR count).